The second kappa shape index (κ2) is 9.69. The zero-order valence-corrected chi connectivity index (χ0v) is 20.9. The van der Waals surface area contributed by atoms with Crippen molar-refractivity contribution in [2.45, 2.75) is 38.1 Å². The number of aromatic nitrogens is 1. The summed E-state index contributed by atoms with van der Waals surface area (Å²) in [4.78, 5) is 27.2. The third-order valence-electron chi connectivity index (χ3n) is 6.31. The molecule has 34 heavy (non-hydrogen) atoms. The molecule has 0 aliphatic heterocycles. The van der Waals surface area contributed by atoms with Gasteiger partial charge in [-0.25, -0.2) is 13.9 Å². The van der Waals surface area contributed by atoms with E-state index in [2.05, 4.69) is 30.0 Å². The van der Waals surface area contributed by atoms with E-state index < -0.39 is 20.5 Å². The number of sulfone groups is 1. The highest BCUT2D eigenvalue weighted by molar-refractivity contribution is 7.92. The van der Waals surface area contributed by atoms with E-state index in [1.165, 1.54) is 22.5 Å². The normalized spacial score (nSPS) is 13.7. The number of nitrogens with zero attached hydrogens (tertiary/aromatic N) is 2. The molecule has 2 aromatic carbocycles. The van der Waals surface area contributed by atoms with E-state index in [0.29, 0.717) is 5.39 Å². The van der Waals surface area contributed by atoms with Gasteiger partial charge in [-0.3, -0.25) is 14.8 Å². The van der Waals surface area contributed by atoms with Crippen LogP contribution in [0.2, 0.25) is 0 Å². The second-order valence-corrected chi connectivity index (χ2v) is 11.6. The van der Waals surface area contributed by atoms with Gasteiger partial charge in [0.05, 0.1) is 0 Å². The summed E-state index contributed by atoms with van der Waals surface area (Å²) >= 11 is 0. The molecule has 1 amide bonds. The van der Waals surface area contributed by atoms with Gasteiger partial charge in [0.1, 0.15) is 0 Å². The number of rotatable bonds is 8. The summed E-state index contributed by atoms with van der Waals surface area (Å²) < 4.78 is 23.9. The van der Waals surface area contributed by atoms with Gasteiger partial charge < -0.3 is 9.47 Å². The van der Waals surface area contributed by atoms with Crippen LogP contribution in [0.4, 0.5) is 0 Å². The summed E-state index contributed by atoms with van der Waals surface area (Å²) in [7, 11) is 0.219. The van der Waals surface area contributed by atoms with Crippen LogP contribution in [-0.4, -0.2) is 54.1 Å². The lowest BCUT2D eigenvalue weighted by Gasteiger charge is -2.25. The molecule has 3 aromatic rings. The minimum Gasteiger partial charge on any atom is -0.315 e. The predicted octanol–water partition coefficient (Wildman–Crippen LogP) is 2.74. The van der Waals surface area contributed by atoms with Crippen molar-refractivity contribution in [1.29, 1.82) is 0 Å². The average molecular weight is 486 g/mol. The highest BCUT2D eigenvalue weighted by Gasteiger charge is 2.43. The first-order chi connectivity index (χ1) is 15.9. The van der Waals surface area contributed by atoms with Crippen LogP contribution >= 0.6 is 0 Å². The summed E-state index contributed by atoms with van der Waals surface area (Å²) in [6.07, 6.45) is 2.36. The van der Waals surface area contributed by atoms with Crippen molar-refractivity contribution < 1.29 is 18.4 Å². The Hall–Kier alpha value is -3.01. The first-order valence-corrected chi connectivity index (χ1v) is 12.8. The van der Waals surface area contributed by atoms with Crippen LogP contribution in [0.25, 0.3) is 21.9 Å². The maximum Gasteiger partial charge on any atom is 0.264 e. The van der Waals surface area contributed by atoms with Crippen molar-refractivity contribution in [2.75, 3.05) is 20.4 Å². The van der Waals surface area contributed by atoms with E-state index in [9.17, 15) is 18.0 Å². The summed E-state index contributed by atoms with van der Waals surface area (Å²) in [6.45, 7) is 4.16. The zero-order valence-electron chi connectivity index (χ0n) is 20.1. The molecule has 0 fully saturated rings. The Morgan fingerprint density at radius 1 is 1.15 bits per heavy atom. The molecule has 8 nitrogen and oxygen atoms in total. The Bertz CT molecular complexity index is 1400. The molecule has 1 atom stereocenters. The van der Waals surface area contributed by atoms with Gasteiger partial charge in [0.25, 0.3) is 11.5 Å². The summed E-state index contributed by atoms with van der Waals surface area (Å²) in [6, 6.07) is 13.8. The fraction of sp³-hybridized carbons (Fsp3) is 0.360. The molecule has 0 unspecified atom stereocenters. The maximum absolute atomic E-state index is 13.1. The van der Waals surface area contributed by atoms with Crippen LogP contribution < -0.4 is 11.0 Å². The average Bonchev–Trinajstić information content (AvgIpc) is 2.76. The van der Waals surface area contributed by atoms with Gasteiger partial charge in [-0.2, -0.15) is 0 Å². The zero-order chi connectivity index (χ0) is 25.3. The largest absolute Gasteiger partial charge is 0.315 e. The summed E-state index contributed by atoms with van der Waals surface area (Å²) in [5.74, 6) is -1.03. The van der Waals surface area contributed by atoms with Crippen LogP contribution in [0, 0.1) is 6.92 Å². The standard InChI is InChI=1S/C25H31N3O5S/c1-17-14-18(16-27(3)4)6-8-21(17)19-7-9-22-20(15-19)10-12-28(23(22)29)13-11-25(2,24(30)26-31)34(5,32)33/h6-10,12,14-15,31H,11,13,16H2,1-5H3,(H,26,30)/t25-/m1/s1. The summed E-state index contributed by atoms with van der Waals surface area (Å²) in [5.41, 5.74) is 5.62. The fourth-order valence-corrected chi connectivity index (χ4v) is 4.91. The molecule has 0 radical (unpaired) electrons. The Kier molecular flexibility index (Phi) is 7.30. The number of aryl methyl sites for hydroxylation is 2. The molecule has 0 spiro atoms. The number of amides is 1. The van der Waals surface area contributed by atoms with Crippen LogP contribution in [0.3, 0.4) is 0 Å². The van der Waals surface area contributed by atoms with Crippen LogP contribution in [0.5, 0.6) is 0 Å². The number of pyridine rings is 1. The van der Waals surface area contributed by atoms with Gasteiger partial charge in [-0.15, -0.1) is 0 Å². The monoisotopic (exact) mass is 485 g/mol. The molecular weight excluding hydrogens is 454 g/mol. The Morgan fingerprint density at radius 3 is 2.44 bits per heavy atom. The van der Waals surface area contributed by atoms with Crippen molar-refractivity contribution in [1.82, 2.24) is 14.9 Å². The van der Waals surface area contributed by atoms with E-state index in [4.69, 9.17) is 5.21 Å². The van der Waals surface area contributed by atoms with Crippen molar-refractivity contribution >= 4 is 26.5 Å². The number of hydrogen-bond acceptors (Lipinski definition) is 6. The highest BCUT2D eigenvalue weighted by Crippen LogP contribution is 2.27. The number of nitrogens with one attached hydrogen (secondary N) is 1. The van der Waals surface area contributed by atoms with Gasteiger partial charge in [-0.1, -0.05) is 24.3 Å². The third-order valence-corrected chi connectivity index (χ3v) is 8.33. The lowest BCUT2D eigenvalue weighted by atomic mass is 9.96. The topological polar surface area (TPSA) is 109 Å². The molecule has 3 rings (SSSR count). The molecule has 0 saturated heterocycles. The predicted molar refractivity (Wildman–Crippen MR) is 134 cm³/mol. The molecular formula is C25H31N3O5S. The first kappa shape index (κ1) is 25.6. The number of hydrogen-bond donors (Lipinski definition) is 2. The van der Waals surface area contributed by atoms with Gasteiger partial charge in [0.2, 0.25) is 0 Å². The smallest absolute Gasteiger partial charge is 0.264 e. The third kappa shape index (κ3) is 5.06. The van der Waals surface area contributed by atoms with Crippen LogP contribution in [0.15, 0.2) is 53.5 Å². The number of carbonyl (C=O) groups excluding carboxylic acids is 1. The highest BCUT2D eigenvalue weighted by atomic mass is 32.2. The van der Waals surface area contributed by atoms with Crippen LogP contribution in [0.1, 0.15) is 24.5 Å². The van der Waals surface area contributed by atoms with Crippen molar-refractivity contribution in [3.8, 4) is 11.1 Å². The molecule has 1 aromatic heterocycles. The van der Waals surface area contributed by atoms with E-state index >= 15 is 0 Å². The van der Waals surface area contributed by atoms with Gasteiger partial charge in [0, 0.05) is 30.9 Å². The van der Waals surface area contributed by atoms with Gasteiger partial charge >= 0.3 is 0 Å². The number of carbonyl (C=O) groups is 1. The van der Waals surface area contributed by atoms with E-state index in [-0.39, 0.29) is 18.5 Å². The minimum absolute atomic E-state index is 0.0000398. The molecule has 182 valence electrons. The Morgan fingerprint density at radius 2 is 1.85 bits per heavy atom. The Labute approximate surface area is 199 Å². The van der Waals surface area contributed by atoms with Gasteiger partial charge in [0.15, 0.2) is 14.6 Å². The lowest BCUT2D eigenvalue weighted by molar-refractivity contribution is -0.131. The lowest BCUT2D eigenvalue weighted by Crippen LogP contribution is -2.49. The van der Waals surface area contributed by atoms with Crippen molar-refractivity contribution in [3.05, 3.63) is 70.1 Å². The molecule has 0 bridgehead atoms. The van der Waals surface area contributed by atoms with E-state index in [1.807, 2.05) is 26.2 Å². The number of hydroxylamine groups is 1. The SMILES string of the molecule is Cc1cc(CN(C)C)ccc1-c1ccc2c(=O)n(CC[C@](C)(C(=O)NO)S(C)(=O)=O)ccc2c1. The fourth-order valence-electron chi connectivity index (χ4n) is 4.06. The quantitative estimate of drug-likeness (QED) is 0.375. The van der Waals surface area contributed by atoms with Gasteiger partial charge in [-0.05, 0) is 80.2 Å². The Balaban J connectivity index is 1.93. The summed E-state index contributed by atoms with van der Waals surface area (Å²) in [5, 5.41) is 10.3. The van der Waals surface area contributed by atoms with Crippen LogP contribution in [-0.2, 0) is 27.7 Å². The van der Waals surface area contributed by atoms with Crippen molar-refractivity contribution in [3.63, 3.8) is 0 Å². The number of fused-ring (bicyclic) bond motifs is 1. The van der Waals surface area contributed by atoms with Crippen molar-refractivity contribution in [2.24, 2.45) is 0 Å². The minimum atomic E-state index is -3.84. The molecule has 0 saturated carbocycles. The van der Waals surface area contributed by atoms with E-state index in [0.717, 1.165) is 34.9 Å². The molecule has 0 aliphatic carbocycles. The molecule has 9 heteroatoms. The molecule has 1 heterocycles. The molecule has 2 N–H and O–H groups in total. The van der Waals surface area contributed by atoms with E-state index in [1.54, 1.807) is 18.3 Å². The molecule has 0 aliphatic rings. The first-order valence-electron chi connectivity index (χ1n) is 10.9. The second-order valence-electron chi connectivity index (χ2n) is 9.20. The number of benzene rings is 2. The maximum atomic E-state index is 13.1.